The molecule has 0 amide bonds. The van der Waals surface area contributed by atoms with Crippen molar-refractivity contribution in [2.45, 2.75) is 0 Å². The Morgan fingerprint density at radius 2 is 1.72 bits per heavy atom. The van der Waals surface area contributed by atoms with Crippen LogP contribution in [-0.2, 0) is 0 Å². The third-order valence-corrected chi connectivity index (χ3v) is 3.83. The van der Waals surface area contributed by atoms with Crippen LogP contribution < -0.4 is 5.32 Å². The molecule has 0 atom stereocenters. The monoisotopic (exact) mass is 349 g/mol. The summed E-state index contributed by atoms with van der Waals surface area (Å²) >= 11 is 0. The molecule has 0 saturated heterocycles. The highest BCUT2D eigenvalue weighted by molar-refractivity contribution is 5.95. The van der Waals surface area contributed by atoms with Gasteiger partial charge >= 0.3 is 0 Å². The molecule has 5 heteroatoms. The Kier molecular flexibility index (Phi) is 4.82. The lowest BCUT2D eigenvalue weighted by molar-refractivity contribution is 0.475. The molecule has 0 saturated carbocycles. The van der Waals surface area contributed by atoms with Crippen molar-refractivity contribution in [2.24, 2.45) is 0 Å². The normalized spacial score (nSPS) is 10.2. The summed E-state index contributed by atoms with van der Waals surface area (Å²) in [5, 5.41) is 14.0. The summed E-state index contributed by atoms with van der Waals surface area (Å²) in [7, 11) is 0. The van der Waals surface area contributed by atoms with Gasteiger partial charge in [0, 0.05) is 40.8 Å². The van der Waals surface area contributed by atoms with Crippen LogP contribution in [0.5, 0.6) is 5.75 Å². The SMILES string of the molecule is Cl.Oc1cccc(Nc2ccnc3cc(-c4ccccn4)ccc23)c1. The van der Waals surface area contributed by atoms with Gasteiger partial charge in [-0.2, -0.15) is 0 Å². The molecule has 4 nitrogen and oxygen atoms in total. The van der Waals surface area contributed by atoms with Crippen molar-refractivity contribution in [3.8, 4) is 17.0 Å². The molecule has 2 aromatic carbocycles. The van der Waals surface area contributed by atoms with E-state index in [4.69, 9.17) is 0 Å². The highest BCUT2D eigenvalue weighted by atomic mass is 35.5. The zero-order valence-corrected chi connectivity index (χ0v) is 14.1. The number of anilines is 2. The number of halogens is 1. The van der Waals surface area contributed by atoms with Crippen LogP contribution in [0.3, 0.4) is 0 Å². The number of hydrogen-bond acceptors (Lipinski definition) is 4. The lowest BCUT2D eigenvalue weighted by Crippen LogP contribution is -1.93. The van der Waals surface area contributed by atoms with Gasteiger partial charge in [0.2, 0.25) is 0 Å². The van der Waals surface area contributed by atoms with Crippen molar-refractivity contribution >= 4 is 34.7 Å². The van der Waals surface area contributed by atoms with E-state index in [0.717, 1.165) is 33.5 Å². The van der Waals surface area contributed by atoms with E-state index in [9.17, 15) is 5.11 Å². The first-order valence-corrected chi connectivity index (χ1v) is 7.66. The maximum Gasteiger partial charge on any atom is 0.117 e. The number of phenolic OH excluding ortho intramolecular Hbond substituents is 1. The molecule has 2 N–H and O–H groups in total. The molecule has 0 bridgehead atoms. The van der Waals surface area contributed by atoms with Gasteiger partial charge in [0.15, 0.2) is 0 Å². The first-order valence-electron chi connectivity index (χ1n) is 7.66. The van der Waals surface area contributed by atoms with E-state index < -0.39 is 0 Å². The zero-order valence-electron chi connectivity index (χ0n) is 13.3. The predicted molar refractivity (Wildman–Crippen MR) is 104 cm³/mol. The second kappa shape index (κ2) is 7.20. The maximum absolute atomic E-state index is 9.61. The van der Waals surface area contributed by atoms with Crippen molar-refractivity contribution < 1.29 is 5.11 Å². The molecule has 2 aromatic heterocycles. The van der Waals surface area contributed by atoms with Crippen molar-refractivity contribution in [1.82, 2.24) is 9.97 Å². The molecule has 25 heavy (non-hydrogen) atoms. The quantitative estimate of drug-likeness (QED) is 0.536. The molecule has 0 aliphatic carbocycles. The van der Waals surface area contributed by atoms with Crippen molar-refractivity contribution in [1.29, 1.82) is 0 Å². The van der Waals surface area contributed by atoms with Gasteiger partial charge in [-0.1, -0.05) is 24.3 Å². The van der Waals surface area contributed by atoms with Crippen LogP contribution in [0.4, 0.5) is 11.4 Å². The van der Waals surface area contributed by atoms with E-state index in [1.165, 1.54) is 0 Å². The molecular formula is C20H16ClN3O. The Morgan fingerprint density at radius 3 is 2.52 bits per heavy atom. The average Bonchev–Trinajstić information content (AvgIpc) is 2.62. The van der Waals surface area contributed by atoms with E-state index >= 15 is 0 Å². The number of pyridine rings is 2. The van der Waals surface area contributed by atoms with Gasteiger partial charge < -0.3 is 10.4 Å². The topological polar surface area (TPSA) is 58.0 Å². The number of benzene rings is 2. The minimum Gasteiger partial charge on any atom is -0.508 e. The van der Waals surface area contributed by atoms with Gasteiger partial charge in [-0.15, -0.1) is 12.4 Å². The molecule has 0 radical (unpaired) electrons. The fourth-order valence-corrected chi connectivity index (χ4v) is 2.69. The summed E-state index contributed by atoms with van der Waals surface area (Å²) in [6, 6.07) is 20.9. The third kappa shape index (κ3) is 3.54. The minimum atomic E-state index is 0. The summed E-state index contributed by atoms with van der Waals surface area (Å²) in [5.41, 5.74) is 4.62. The summed E-state index contributed by atoms with van der Waals surface area (Å²) in [6.45, 7) is 0. The van der Waals surface area contributed by atoms with Crippen LogP contribution in [0.15, 0.2) is 79.1 Å². The van der Waals surface area contributed by atoms with E-state index in [-0.39, 0.29) is 18.2 Å². The van der Waals surface area contributed by atoms with Crippen molar-refractivity contribution in [3.05, 3.63) is 79.1 Å². The van der Waals surface area contributed by atoms with Gasteiger partial charge in [-0.05, 0) is 36.4 Å². The second-order valence-electron chi connectivity index (χ2n) is 5.48. The van der Waals surface area contributed by atoms with Crippen molar-refractivity contribution in [3.63, 3.8) is 0 Å². The number of nitrogens with zero attached hydrogens (tertiary/aromatic N) is 2. The van der Waals surface area contributed by atoms with Crippen LogP contribution in [0, 0.1) is 0 Å². The van der Waals surface area contributed by atoms with E-state index in [1.807, 2.05) is 48.5 Å². The van der Waals surface area contributed by atoms with Crippen LogP contribution in [0.25, 0.3) is 22.2 Å². The van der Waals surface area contributed by atoms with E-state index in [1.54, 1.807) is 30.6 Å². The first kappa shape index (κ1) is 16.7. The van der Waals surface area contributed by atoms with E-state index in [0.29, 0.717) is 0 Å². The molecule has 0 aliphatic heterocycles. The second-order valence-corrected chi connectivity index (χ2v) is 5.48. The molecule has 0 fully saturated rings. The molecule has 2 heterocycles. The maximum atomic E-state index is 9.61. The number of phenols is 1. The number of aromatic hydroxyl groups is 1. The largest absolute Gasteiger partial charge is 0.508 e. The van der Waals surface area contributed by atoms with Crippen LogP contribution >= 0.6 is 12.4 Å². The molecule has 4 rings (SSSR count). The number of hydrogen-bond donors (Lipinski definition) is 2. The lowest BCUT2D eigenvalue weighted by atomic mass is 10.1. The molecular weight excluding hydrogens is 334 g/mol. The average molecular weight is 350 g/mol. The fourth-order valence-electron chi connectivity index (χ4n) is 2.69. The Bertz CT molecular complexity index is 1010. The highest BCUT2D eigenvalue weighted by Crippen LogP contribution is 2.29. The third-order valence-electron chi connectivity index (χ3n) is 3.83. The van der Waals surface area contributed by atoms with Gasteiger partial charge in [-0.25, -0.2) is 0 Å². The standard InChI is InChI=1S/C20H15N3O.ClH/c24-16-5-3-4-15(13-16)23-19-9-11-22-20-12-14(7-8-17(19)20)18-6-1-2-10-21-18;/h1-13,24H,(H,22,23);1H. The van der Waals surface area contributed by atoms with Gasteiger partial charge in [-0.3, -0.25) is 9.97 Å². The van der Waals surface area contributed by atoms with E-state index in [2.05, 4.69) is 15.3 Å². The highest BCUT2D eigenvalue weighted by Gasteiger charge is 2.06. The first-order chi connectivity index (χ1) is 11.8. The smallest absolute Gasteiger partial charge is 0.117 e. The van der Waals surface area contributed by atoms with Gasteiger partial charge in [0.1, 0.15) is 5.75 Å². The molecule has 0 unspecified atom stereocenters. The Hall–Kier alpha value is -3.11. The van der Waals surface area contributed by atoms with Crippen molar-refractivity contribution in [2.75, 3.05) is 5.32 Å². The molecule has 0 aliphatic rings. The molecule has 4 aromatic rings. The Morgan fingerprint density at radius 1 is 0.800 bits per heavy atom. The fraction of sp³-hybridized carbons (Fsp3) is 0. The number of nitrogens with one attached hydrogen (secondary N) is 1. The molecule has 0 spiro atoms. The number of aromatic nitrogens is 2. The lowest BCUT2D eigenvalue weighted by Gasteiger charge is -2.10. The minimum absolute atomic E-state index is 0. The number of rotatable bonds is 3. The summed E-state index contributed by atoms with van der Waals surface area (Å²) in [6.07, 6.45) is 3.56. The van der Waals surface area contributed by atoms with Crippen LogP contribution in [-0.4, -0.2) is 15.1 Å². The number of fused-ring (bicyclic) bond motifs is 1. The summed E-state index contributed by atoms with van der Waals surface area (Å²) in [5.74, 6) is 0.232. The molecule has 124 valence electrons. The van der Waals surface area contributed by atoms with Gasteiger partial charge in [0.25, 0.3) is 0 Å². The summed E-state index contributed by atoms with van der Waals surface area (Å²) < 4.78 is 0. The Labute approximate surface area is 151 Å². The zero-order chi connectivity index (χ0) is 16.4. The Balaban J connectivity index is 0.00000182. The predicted octanol–water partition coefficient (Wildman–Crippen LogP) is 5.17. The summed E-state index contributed by atoms with van der Waals surface area (Å²) in [4.78, 5) is 8.85. The van der Waals surface area contributed by atoms with Gasteiger partial charge in [0.05, 0.1) is 11.2 Å². The van der Waals surface area contributed by atoms with Crippen LogP contribution in [0.1, 0.15) is 0 Å². The van der Waals surface area contributed by atoms with Crippen LogP contribution in [0.2, 0.25) is 0 Å².